The Hall–Kier alpha value is -3.14. The third-order valence-corrected chi connectivity index (χ3v) is 4.10. The molecular weight excluding hydrogens is 316 g/mol. The van der Waals surface area contributed by atoms with E-state index >= 15 is 0 Å². The van der Waals surface area contributed by atoms with Crippen LogP contribution in [-0.4, -0.2) is 43.8 Å². The molecule has 1 amide bonds. The Labute approximate surface area is 145 Å². The normalized spacial score (nSPS) is 10.7. The van der Waals surface area contributed by atoms with Crippen molar-refractivity contribution in [2.45, 2.75) is 26.2 Å². The Morgan fingerprint density at radius 3 is 3.00 bits per heavy atom. The van der Waals surface area contributed by atoms with E-state index in [1.165, 1.54) is 6.33 Å². The number of hydrogen-bond acceptors (Lipinski definition) is 4. The lowest BCUT2D eigenvalue weighted by Crippen LogP contribution is -2.33. The van der Waals surface area contributed by atoms with Crippen molar-refractivity contribution in [3.05, 3.63) is 36.5 Å². The van der Waals surface area contributed by atoms with Crippen LogP contribution in [0.15, 0.2) is 30.9 Å². The van der Waals surface area contributed by atoms with Crippen LogP contribution in [0, 0.1) is 11.3 Å². The summed E-state index contributed by atoms with van der Waals surface area (Å²) in [5, 5.41) is 9.72. The maximum atomic E-state index is 12.8. The van der Waals surface area contributed by atoms with E-state index in [4.69, 9.17) is 5.26 Å². The minimum atomic E-state index is -0.0886. The van der Waals surface area contributed by atoms with Gasteiger partial charge in [-0.1, -0.05) is 13.3 Å². The van der Waals surface area contributed by atoms with Gasteiger partial charge in [-0.2, -0.15) is 5.26 Å². The molecule has 0 aliphatic heterocycles. The number of rotatable bonds is 7. The van der Waals surface area contributed by atoms with E-state index in [1.807, 2.05) is 18.3 Å². The monoisotopic (exact) mass is 336 g/mol. The fourth-order valence-corrected chi connectivity index (χ4v) is 2.78. The van der Waals surface area contributed by atoms with Gasteiger partial charge in [0.2, 0.25) is 0 Å². The van der Waals surface area contributed by atoms with E-state index in [2.05, 4.69) is 32.9 Å². The number of carbonyl (C=O) groups excluding carboxylic acids is 1. The van der Waals surface area contributed by atoms with Crippen LogP contribution in [0.25, 0.3) is 22.3 Å². The lowest BCUT2D eigenvalue weighted by molar-refractivity contribution is 0.0751. The predicted octanol–water partition coefficient (Wildman–Crippen LogP) is 3.11. The highest BCUT2D eigenvalue weighted by atomic mass is 16.2. The van der Waals surface area contributed by atoms with Gasteiger partial charge >= 0.3 is 0 Å². The Bertz CT molecular complexity index is 904. The number of nitrogens with zero attached hydrogens (tertiary/aromatic N) is 4. The number of aromatic amines is 2. The van der Waals surface area contributed by atoms with Gasteiger partial charge in [-0.25, -0.2) is 9.97 Å². The summed E-state index contributed by atoms with van der Waals surface area (Å²) in [7, 11) is 0. The van der Waals surface area contributed by atoms with Crippen molar-refractivity contribution in [3.63, 3.8) is 0 Å². The van der Waals surface area contributed by atoms with Crippen molar-refractivity contribution in [1.82, 2.24) is 24.8 Å². The van der Waals surface area contributed by atoms with Gasteiger partial charge < -0.3 is 14.9 Å². The summed E-state index contributed by atoms with van der Waals surface area (Å²) in [6.45, 7) is 3.18. The minimum Gasteiger partial charge on any atom is -0.357 e. The van der Waals surface area contributed by atoms with Gasteiger partial charge in [0.1, 0.15) is 17.7 Å². The van der Waals surface area contributed by atoms with E-state index in [0.29, 0.717) is 25.2 Å². The molecule has 0 fully saturated rings. The van der Waals surface area contributed by atoms with Crippen LogP contribution >= 0.6 is 0 Å². The number of fused-ring (bicyclic) bond motifs is 1. The highest BCUT2D eigenvalue weighted by Gasteiger charge is 2.18. The fraction of sp³-hybridized carbons (Fsp3) is 0.333. The summed E-state index contributed by atoms with van der Waals surface area (Å²) in [6, 6.07) is 5.83. The van der Waals surface area contributed by atoms with Crippen LogP contribution in [0.1, 0.15) is 36.7 Å². The zero-order chi connectivity index (χ0) is 17.6. The summed E-state index contributed by atoms with van der Waals surface area (Å²) in [5.74, 6) is -0.0886. The molecule has 0 unspecified atom stereocenters. The summed E-state index contributed by atoms with van der Waals surface area (Å²) >= 11 is 0. The molecule has 0 aliphatic rings. The molecule has 3 rings (SSSR count). The summed E-state index contributed by atoms with van der Waals surface area (Å²) in [6.07, 6.45) is 7.35. The van der Waals surface area contributed by atoms with Crippen LogP contribution in [0.4, 0.5) is 0 Å². The van der Waals surface area contributed by atoms with Crippen molar-refractivity contribution in [1.29, 1.82) is 5.26 Å². The number of amides is 1. The number of unbranched alkanes of at least 4 members (excludes halogenated alkanes) is 1. The summed E-state index contributed by atoms with van der Waals surface area (Å²) < 4.78 is 0. The van der Waals surface area contributed by atoms with Gasteiger partial charge in [0, 0.05) is 36.4 Å². The van der Waals surface area contributed by atoms with E-state index in [1.54, 1.807) is 11.1 Å². The average Bonchev–Trinajstić information content (AvgIpc) is 3.30. The molecule has 0 saturated carbocycles. The van der Waals surface area contributed by atoms with Crippen LogP contribution in [0.5, 0.6) is 0 Å². The molecule has 128 valence electrons. The number of aromatic nitrogens is 4. The predicted molar refractivity (Wildman–Crippen MR) is 94.7 cm³/mol. The lowest BCUT2D eigenvalue weighted by Gasteiger charge is -2.20. The van der Waals surface area contributed by atoms with Gasteiger partial charge in [0.05, 0.1) is 18.2 Å². The quantitative estimate of drug-likeness (QED) is 0.692. The Morgan fingerprint density at radius 1 is 1.32 bits per heavy atom. The first-order valence-corrected chi connectivity index (χ1v) is 8.37. The zero-order valence-corrected chi connectivity index (χ0v) is 14.1. The molecular formula is C18H20N6O. The number of carbonyl (C=O) groups is 1. The van der Waals surface area contributed by atoms with E-state index < -0.39 is 0 Å². The summed E-state index contributed by atoms with van der Waals surface area (Å²) in [5.41, 5.74) is 2.88. The lowest BCUT2D eigenvalue weighted by atomic mass is 10.1. The van der Waals surface area contributed by atoms with Gasteiger partial charge in [-0.3, -0.25) is 4.79 Å². The average molecular weight is 336 g/mol. The Morgan fingerprint density at radius 2 is 2.20 bits per heavy atom. The third kappa shape index (κ3) is 3.53. The molecule has 0 saturated heterocycles. The second-order valence-corrected chi connectivity index (χ2v) is 5.82. The van der Waals surface area contributed by atoms with Gasteiger partial charge in [-0.05, 0) is 18.6 Å². The fourth-order valence-electron chi connectivity index (χ4n) is 2.78. The third-order valence-electron chi connectivity index (χ3n) is 4.10. The maximum Gasteiger partial charge on any atom is 0.270 e. The van der Waals surface area contributed by atoms with E-state index in [0.717, 1.165) is 35.1 Å². The van der Waals surface area contributed by atoms with E-state index in [9.17, 15) is 4.79 Å². The minimum absolute atomic E-state index is 0.0886. The molecule has 0 radical (unpaired) electrons. The van der Waals surface area contributed by atoms with Crippen LogP contribution in [0.3, 0.4) is 0 Å². The highest BCUT2D eigenvalue weighted by molar-refractivity contribution is 5.96. The molecule has 2 N–H and O–H groups in total. The number of hydrogen-bond donors (Lipinski definition) is 2. The molecule has 0 bridgehead atoms. The van der Waals surface area contributed by atoms with Crippen molar-refractivity contribution in [2.24, 2.45) is 0 Å². The first-order chi connectivity index (χ1) is 12.2. The largest absolute Gasteiger partial charge is 0.357 e. The molecule has 3 aromatic rings. The molecule has 0 atom stereocenters. The summed E-state index contributed by atoms with van der Waals surface area (Å²) in [4.78, 5) is 29.1. The Balaban J connectivity index is 1.85. The number of H-pyrrole nitrogens is 2. The van der Waals surface area contributed by atoms with Crippen LogP contribution in [0.2, 0.25) is 0 Å². The van der Waals surface area contributed by atoms with Crippen molar-refractivity contribution in [3.8, 4) is 17.3 Å². The van der Waals surface area contributed by atoms with Gasteiger partial charge in [0.25, 0.3) is 5.91 Å². The number of nitrogens with one attached hydrogen (secondary N) is 2. The Kier molecular flexibility index (Phi) is 5.09. The molecule has 7 nitrogen and oxygen atoms in total. The maximum absolute atomic E-state index is 12.8. The van der Waals surface area contributed by atoms with Crippen molar-refractivity contribution >= 4 is 16.9 Å². The first-order valence-electron chi connectivity index (χ1n) is 8.37. The first kappa shape index (κ1) is 16.7. The van der Waals surface area contributed by atoms with Crippen LogP contribution < -0.4 is 0 Å². The number of nitriles is 1. The molecule has 0 aliphatic carbocycles. The highest BCUT2D eigenvalue weighted by Crippen LogP contribution is 2.25. The van der Waals surface area contributed by atoms with Gasteiger partial charge in [-0.15, -0.1) is 0 Å². The molecule has 25 heavy (non-hydrogen) atoms. The van der Waals surface area contributed by atoms with Crippen LogP contribution in [-0.2, 0) is 0 Å². The van der Waals surface area contributed by atoms with Crippen molar-refractivity contribution in [2.75, 3.05) is 13.1 Å². The molecule has 0 spiro atoms. The smallest absolute Gasteiger partial charge is 0.270 e. The SMILES string of the molecule is CCCCN(CCC#N)C(=O)c1cc(-c2ncnc3[nH]ccc23)c[nH]1. The molecule has 7 heteroatoms. The second-order valence-electron chi connectivity index (χ2n) is 5.82. The standard InChI is InChI=1S/C18H20N6O/c1-2-3-8-24(9-4-6-19)18(25)15-10-13(11-21-15)16-14-5-7-20-17(14)23-12-22-16/h5,7,10-12,21H,2-4,8-9H2,1H3,(H,20,22,23). The van der Waals surface area contributed by atoms with Crippen molar-refractivity contribution < 1.29 is 4.79 Å². The topological polar surface area (TPSA) is 101 Å². The molecule has 0 aromatic carbocycles. The second kappa shape index (κ2) is 7.62. The molecule has 3 heterocycles. The molecule has 3 aromatic heterocycles. The zero-order valence-electron chi connectivity index (χ0n) is 14.1. The van der Waals surface area contributed by atoms with Gasteiger partial charge in [0.15, 0.2) is 0 Å². The van der Waals surface area contributed by atoms with E-state index in [-0.39, 0.29) is 5.91 Å².